The number of carbonyl (C=O) groups excluding carboxylic acids is 1. The summed E-state index contributed by atoms with van der Waals surface area (Å²) in [6.07, 6.45) is 0.453. The smallest absolute Gasteiger partial charge is 0.273 e. The zero-order valence-electron chi connectivity index (χ0n) is 16.4. The van der Waals surface area contributed by atoms with E-state index in [1.807, 2.05) is 36.4 Å². The second-order valence-electron chi connectivity index (χ2n) is 7.47. The summed E-state index contributed by atoms with van der Waals surface area (Å²) in [6, 6.07) is 17.8. The Hall–Kier alpha value is -3.64. The topological polar surface area (TPSA) is 86.6 Å². The highest BCUT2D eigenvalue weighted by Gasteiger charge is 2.27. The zero-order chi connectivity index (χ0) is 21.5. The van der Waals surface area contributed by atoms with Gasteiger partial charge in [-0.25, -0.2) is 9.97 Å². The van der Waals surface area contributed by atoms with Crippen LogP contribution in [-0.4, -0.2) is 37.5 Å². The van der Waals surface area contributed by atoms with Crippen LogP contribution in [0, 0.1) is 0 Å². The van der Waals surface area contributed by atoms with Crippen molar-refractivity contribution >= 4 is 28.4 Å². The summed E-state index contributed by atoms with van der Waals surface area (Å²) in [5, 5.41) is 21.2. The van der Waals surface area contributed by atoms with Crippen LogP contribution in [0.4, 0.5) is 0 Å². The zero-order valence-corrected chi connectivity index (χ0v) is 17.2. The Labute approximate surface area is 183 Å². The lowest BCUT2D eigenvalue weighted by molar-refractivity contribution is 0.0730. The number of carbonyl (C=O) groups is 1. The average molecular weight is 432 g/mol. The fraction of sp³-hybridized carbons (Fsp3) is 0.125. The van der Waals surface area contributed by atoms with Gasteiger partial charge in [-0.1, -0.05) is 35.9 Å². The molecule has 2 N–H and O–H groups in total. The number of aromatic nitrogens is 2. The van der Waals surface area contributed by atoms with Crippen LogP contribution in [0.15, 0.2) is 60.7 Å². The van der Waals surface area contributed by atoms with Crippen LogP contribution in [0.3, 0.4) is 0 Å². The minimum absolute atomic E-state index is 0.109. The van der Waals surface area contributed by atoms with Crippen molar-refractivity contribution in [2.45, 2.75) is 13.0 Å². The molecule has 3 aromatic carbocycles. The van der Waals surface area contributed by atoms with Crippen LogP contribution in [0.25, 0.3) is 22.3 Å². The van der Waals surface area contributed by atoms with E-state index in [0.717, 1.165) is 11.1 Å². The Bertz CT molecular complexity index is 1320. The number of hydrogen-bond acceptors (Lipinski definition) is 5. The van der Waals surface area contributed by atoms with Crippen molar-refractivity contribution < 1.29 is 15.0 Å². The molecule has 1 aromatic heterocycles. The van der Waals surface area contributed by atoms with E-state index in [-0.39, 0.29) is 17.4 Å². The Morgan fingerprint density at radius 3 is 2.55 bits per heavy atom. The molecule has 7 heteroatoms. The van der Waals surface area contributed by atoms with Crippen molar-refractivity contribution in [1.82, 2.24) is 14.9 Å². The lowest BCUT2D eigenvalue weighted by Crippen LogP contribution is -2.36. The molecule has 6 nitrogen and oxygen atoms in total. The average Bonchev–Trinajstić information content (AvgIpc) is 2.80. The summed E-state index contributed by atoms with van der Waals surface area (Å²) in [5.41, 5.74) is 3.28. The highest BCUT2D eigenvalue weighted by atomic mass is 35.5. The van der Waals surface area contributed by atoms with Gasteiger partial charge in [-0.05, 0) is 48.4 Å². The molecule has 0 spiro atoms. The fourth-order valence-corrected chi connectivity index (χ4v) is 4.04. The number of rotatable bonds is 2. The van der Waals surface area contributed by atoms with Gasteiger partial charge in [0, 0.05) is 34.6 Å². The molecule has 0 unspecified atom stereocenters. The third-order valence-electron chi connectivity index (χ3n) is 5.55. The van der Waals surface area contributed by atoms with Gasteiger partial charge in [0.05, 0.1) is 5.52 Å². The summed E-state index contributed by atoms with van der Waals surface area (Å²) >= 11 is 6.00. The van der Waals surface area contributed by atoms with E-state index in [4.69, 9.17) is 11.6 Å². The van der Waals surface area contributed by atoms with Crippen LogP contribution in [-0.2, 0) is 13.0 Å². The largest absolute Gasteiger partial charge is 0.504 e. The summed E-state index contributed by atoms with van der Waals surface area (Å²) in [6.45, 7) is 0.744. The fourth-order valence-electron chi connectivity index (χ4n) is 3.92. The molecule has 0 radical (unpaired) electrons. The molecule has 31 heavy (non-hydrogen) atoms. The van der Waals surface area contributed by atoms with Crippen molar-refractivity contribution in [2.75, 3.05) is 6.54 Å². The number of aromatic hydroxyl groups is 2. The first-order chi connectivity index (χ1) is 15.0. The second-order valence-corrected chi connectivity index (χ2v) is 7.90. The Morgan fingerprint density at radius 1 is 0.968 bits per heavy atom. The summed E-state index contributed by atoms with van der Waals surface area (Å²) in [5.74, 6) is 0.000702. The maximum Gasteiger partial charge on any atom is 0.273 e. The van der Waals surface area contributed by atoms with Crippen LogP contribution in [0.2, 0.25) is 5.02 Å². The van der Waals surface area contributed by atoms with Gasteiger partial charge in [-0.2, -0.15) is 0 Å². The van der Waals surface area contributed by atoms with E-state index < -0.39 is 0 Å². The number of phenols is 2. The SMILES string of the molecule is O=C(c1nc(-c2ccc(Cl)cc2)nc2ccccc12)N1CCc2c(ccc(O)c2O)C1. The van der Waals surface area contributed by atoms with E-state index in [1.165, 1.54) is 6.07 Å². The van der Waals surface area contributed by atoms with Gasteiger partial charge in [0.15, 0.2) is 17.3 Å². The van der Waals surface area contributed by atoms with Crippen LogP contribution in [0.5, 0.6) is 11.5 Å². The summed E-state index contributed by atoms with van der Waals surface area (Å²) in [7, 11) is 0. The van der Waals surface area contributed by atoms with Gasteiger partial charge >= 0.3 is 0 Å². The Kier molecular flexibility index (Phi) is 4.71. The van der Waals surface area contributed by atoms with Crippen molar-refractivity contribution in [3.8, 4) is 22.9 Å². The number of amides is 1. The Balaban J connectivity index is 1.56. The molecule has 0 saturated heterocycles. The highest BCUT2D eigenvalue weighted by Crippen LogP contribution is 2.35. The van der Waals surface area contributed by atoms with Gasteiger partial charge < -0.3 is 15.1 Å². The monoisotopic (exact) mass is 431 g/mol. The van der Waals surface area contributed by atoms with Gasteiger partial charge in [-0.3, -0.25) is 4.79 Å². The molecular weight excluding hydrogens is 414 g/mol. The molecule has 0 aliphatic carbocycles. The van der Waals surface area contributed by atoms with E-state index >= 15 is 0 Å². The maximum absolute atomic E-state index is 13.5. The maximum atomic E-state index is 13.5. The molecule has 154 valence electrons. The summed E-state index contributed by atoms with van der Waals surface area (Å²) < 4.78 is 0. The number of nitrogens with zero attached hydrogens (tertiary/aromatic N) is 3. The highest BCUT2D eigenvalue weighted by molar-refractivity contribution is 6.30. The molecule has 5 rings (SSSR count). The molecular formula is C24H18ClN3O3. The third-order valence-corrected chi connectivity index (χ3v) is 5.80. The Morgan fingerprint density at radius 2 is 1.74 bits per heavy atom. The number of para-hydroxylation sites is 1. The van der Waals surface area contributed by atoms with Crippen LogP contribution >= 0.6 is 11.6 Å². The van der Waals surface area contributed by atoms with Gasteiger partial charge in [0.1, 0.15) is 5.69 Å². The van der Waals surface area contributed by atoms with Crippen molar-refractivity contribution in [3.05, 3.63) is 82.5 Å². The molecule has 4 aromatic rings. The molecule has 0 atom stereocenters. The van der Waals surface area contributed by atoms with Crippen molar-refractivity contribution in [3.63, 3.8) is 0 Å². The first-order valence-corrected chi connectivity index (χ1v) is 10.2. The minimum Gasteiger partial charge on any atom is -0.504 e. The molecule has 1 aliphatic rings. The molecule has 0 bridgehead atoms. The van der Waals surface area contributed by atoms with Crippen molar-refractivity contribution in [2.24, 2.45) is 0 Å². The van der Waals surface area contributed by atoms with E-state index in [1.54, 1.807) is 23.1 Å². The van der Waals surface area contributed by atoms with Gasteiger partial charge in [0.25, 0.3) is 5.91 Å². The standard InChI is InChI=1S/C24H18ClN3O3/c25-16-8-5-14(6-9-16)23-26-19-4-2-1-3-18(19)21(27-23)24(31)28-12-11-17-15(13-28)7-10-20(29)22(17)30/h1-10,29-30H,11-13H2. The number of halogens is 1. The predicted octanol–water partition coefficient (Wildman–Crippen LogP) is 4.56. The number of phenolic OH excluding ortho intramolecular Hbond substituents is 2. The molecule has 0 fully saturated rings. The van der Waals surface area contributed by atoms with Crippen LogP contribution < -0.4 is 0 Å². The number of benzene rings is 3. The predicted molar refractivity (Wildman–Crippen MR) is 118 cm³/mol. The van der Waals surface area contributed by atoms with Crippen LogP contribution in [0.1, 0.15) is 21.6 Å². The van der Waals surface area contributed by atoms with E-state index in [9.17, 15) is 15.0 Å². The lowest BCUT2D eigenvalue weighted by atomic mass is 9.97. The molecule has 0 saturated carbocycles. The van der Waals surface area contributed by atoms with Gasteiger partial charge in [0.2, 0.25) is 0 Å². The van der Waals surface area contributed by atoms with Gasteiger partial charge in [-0.15, -0.1) is 0 Å². The lowest BCUT2D eigenvalue weighted by Gasteiger charge is -2.29. The minimum atomic E-state index is -0.202. The molecule has 2 heterocycles. The van der Waals surface area contributed by atoms with Crippen molar-refractivity contribution in [1.29, 1.82) is 0 Å². The van der Waals surface area contributed by atoms with E-state index in [2.05, 4.69) is 9.97 Å². The summed E-state index contributed by atoms with van der Waals surface area (Å²) in [4.78, 5) is 24.5. The first kappa shape index (κ1) is 19.3. The molecule has 1 aliphatic heterocycles. The normalized spacial score (nSPS) is 13.3. The third kappa shape index (κ3) is 3.45. The molecule has 1 amide bonds. The quantitative estimate of drug-likeness (QED) is 0.454. The number of fused-ring (bicyclic) bond motifs is 2. The first-order valence-electron chi connectivity index (χ1n) is 9.86. The van der Waals surface area contributed by atoms with E-state index in [0.29, 0.717) is 52.5 Å². The number of hydrogen-bond donors (Lipinski definition) is 2. The second kappa shape index (κ2) is 7.56.